The zero-order valence-electron chi connectivity index (χ0n) is 10.6. The zero-order chi connectivity index (χ0) is 12.2. The Morgan fingerprint density at radius 1 is 1.31 bits per heavy atom. The van der Waals surface area contributed by atoms with Crippen molar-refractivity contribution >= 4 is 0 Å². The van der Waals surface area contributed by atoms with E-state index >= 15 is 0 Å². The minimum Gasteiger partial charge on any atom is -0.390 e. The maximum atomic E-state index is 10.2. The monoisotopic (exact) mass is 218 g/mol. The lowest BCUT2D eigenvalue weighted by molar-refractivity contribution is 0.0523. The van der Waals surface area contributed by atoms with Gasteiger partial charge < -0.3 is 5.11 Å². The molecule has 1 atom stereocenters. The van der Waals surface area contributed by atoms with Crippen molar-refractivity contribution in [1.82, 2.24) is 0 Å². The molecule has 16 heavy (non-hydrogen) atoms. The highest BCUT2D eigenvalue weighted by atomic mass is 16.3. The minimum absolute atomic E-state index is 0.629. The van der Waals surface area contributed by atoms with Gasteiger partial charge >= 0.3 is 0 Å². The van der Waals surface area contributed by atoms with Crippen molar-refractivity contribution in [2.24, 2.45) is 0 Å². The molecule has 1 aromatic carbocycles. The Kier molecular flexibility index (Phi) is 4.31. The summed E-state index contributed by atoms with van der Waals surface area (Å²) in [4.78, 5) is 0. The van der Waals surface area contributed by atoms with Crippen molar-refractivity contribution in [3.05, 3.63) is 47.5 Å². The third-order valence-corrected chi connectivity index (χ3v) is 3.04. The molecule has 1 heteroatoms. The summed E-state index contributed by atoms with van der Waals surface area (Å²) in [6.07, 6.45) is 4.19. The first-order valence-corrected chi connectivity index (χ1v) is 5.84. The van der Waals surface area contributed by atoms with Crippen LogP contribution in [0.25, 0.3) is 0 Å². The Morgan fingerprint density at radius 3 is 2.56 bits per heavy atom. The maximum Gasteiger partial charge on any atom is 0.0662 e. The Balaban J connectivity index is 2.71. The minimum atomic E-state index is -0.629. The molecule has 1 aromatic rings. The SMILES string of the molecule is C=CCCC(C)(O)Cc1ccc(C)c(C)c1. The van der Waals surface area contributed by atoms with Crippen molar-refractivity contribution in [2.45, 2.75) is 45.6 Å². The van der Waals surface area contributed by atoms with E-state index in [-0.39, 0.29) is 0 Å². The standard InChI is InChI=1S/C15H22O/c1-5-6-9-15(4,16)11-14-8-7-12(2)13(3)10-14/h5,7-8,10,16H,1,6,9,11H2,2-4H3. The number of hydrogen-bond acceptors (Lipinski definition) is 1. The van der Waals surface area contributed by atoms with Crippen molar-refractivity contribution in [3.8, 4) is 0 Å². The van der Waals surface area contributed by atoms with Gasteiger partial charge in [-0.25, -0.2) is 0 Å². The summed E-state index contributed by atoms with van der Waals surface area (Å²) in [5.41, 5.74) is 3.17. The van der Waals surface area contributed by atoms with Crippen LogP contribution in [0.1, 0.15) is 36.5 Å². The molecule has 0 aromatic heterocycles. The van der Waals surface area contributed by atoms with Crippen LogP contribution in [0, 0.1) is 13.8 Å². The van der Waals surface area contributed by atoms with E-state index in [0.29, 0.717) is 6.42 Å². The second kappa shape index (κ2) is 5.31. The molecular weight excluding hydrogens is 196 g/mol. The van der Waals surface area contributed by atoms with Crippen LogP contribution in [0.3, 0.4) is 0 Å². The van der Waals surface area contributed by atoms with Crippen LogP contribution in [-0.4, -0.2) is 10.7 Å². The maximum absolute atomic E-state index is 10.2. The summed E-state index contributed by atoms with van der Waals surface area (Å²) in [6.45, 7) is 9.79. The topological polar surface area (TPSA) is 20.2 Å². The number of benzene rings is 1. The summed E-state index contributed by atoms with van der Waals surface area (Å²) in [7, 11) is 0. The van der Waals surface area contributed by atoms with Gasteiger partial charge in [0.05, 0.1) is 5.60 Å². The van der Waals surface area contributed by atoms with Gasteiger partial charge in [-0.15, -0.1) is 6.58 Å². The van der Waals surface area contributed by atoms with Gasteiger partial charge in [0, 0.05) is 6.42 Å². The van der Waals surface area contributed by atoms with Crippen molar-refractivity contribution in [1.29, 1.82) is 0 Å². The van der Waals surface area contributed by atoms with Crippen LogP contribution < -0.4 is 0 Å². The van der Waals surface area contributed by atoms with Gasteiger partial charge in [0.1, 0.15) is 0 Å². The summed E-state index contributed by atoms with van der Waals surface area (Å²) < 4.78 is 0. The second-order valence-corrected chi connectivity index (χ2v) is 4.92. The summed E-state index contributed by atoms with van der Waals surface area (Å²) in [5, 5.41) is 10.2. The van der Waals surface area contributed by atoms with Gasteiger partial charge in [-0.3, -0.25) is 0 Å². The predicted molar refractivity (Wildman–Crippen MR) is 69.7 cm³/mol. The summed E-state index contributed by atoms with van der Waals surface area (Å²) in [6, 6.07) is 6.39. The van der Waals surface area contributed by atoms with Gasteiger partial charge in [-0.05, 0) is 50.3 Å². The number of aliphatic hydroxyl groups is 1. The van der Waals surface area contributed by atoms with Gasteiger partial charge in [-0.1, -0.05) is 24.3 Å². The van der Waals surface area contributed by atoms with E-state index in [2.05, 4.69) is 38.6 Å². The molecule has 0 heterocycles. The van der Waals surface area contributed by atoms with Crippen molar-refractivity contribution < 1.29 is 5.11 Å². The zero-order valence-corrected chi connectivity index (χ0v) is 10.6. The molecule has 88 valence electrons. The smallest absolute Gasteiger partial charge is 0.0662 e. The van der Waals surface area contributed by atoms with E-state index in [4.69, 9.17) is 0 Å². The molecule has 0 saturated carbocycles. The lowest BCUT2D eigenvalue weighted by Crippen LogP contribution is -2.26. The van der Waals surface area contributed by atoms with Gasteiger partial charge in [0.25, 0.3) is 0 Å². The van der Waals surface area contributed by atoms with Crippen LogP contribution in [0.2, 0.25) is 0 Å². The molecular formula is C15H22O. The van der Waals surface area contributed by atoms with E-state index < -0.39 is 5.60 Å². The molecule has 1 unspecified atom stereocenters. The normalized spacial score (nSPS) is 14.5. The lowest BCUT2D eigenvalue weighted by Gasteiger charge is -2.23. The first kappa shape index (κ1) is 13.0. The average molecular weight is 218 g/mol. The molecule has 0 aliphatic carbocycles. The molecule has 1 nitrogen and oxygen atoms in total. The van der Waals surface area contributed by atoms with Gasteiger partial charge in [0.15, 0.2) is 0 Å². The number of rotatable bonds is 5. The van der Waals surface area contributed by atoms with Crippen LogP contribution in [0.5, 0.6) is 0 Å². The molecule has 0 aliphatic heterocycles. The van der Waals surface area contributed by atoms with Crippen molar-refractivity contribution in [2.75, 3.05) is 0 Å². The summed E-state index contributed by atoms with van der Waals surface area (Å²) >= 11 is 0. The Labute approximate surface area is 98.8 Å². The Hall–Kier alpha value is -1.08. The molecule has 1 rings (SSSR count). The highest BCUT2D eigenvalue weighted by molar-refractivity contribution is 5.30. The molecule has 0 amide bonds. The van der Waals surface area contributed by atoms with Crippen LogP contribution in [-0.2, 0) is 6.42 Å². The lowest BCUT2D eigenvalue weighted by atomic mass is 9.90. The highest BCUT2D eigenvalue weighted by Crippen LogP contribution is 2.20. The van der Waals surface area contributed by atoms with Crippen LogP contribution in [0.4, 0.5) is 0 Å². The molecule has 0 bridgehead atoms. The van der Waals surface area contributed by atoms with Crippen LogP contribution in [0.15, 0.2) is 30.9 Å². The largest absolute Gasteiger partial charge is 0.390 e. The predicted octanol–water partition coefficient (Wildman–Crippen LogP) is 3.56. The highest BCUT2D eigenvalue weighted by Gasteiger charge is 2.19. The third-order valence-electron chi connectivity index (χ3n) is 3.04. The number of allylic oxidation sites excluding steroid dienone is 1. The summed E-state index contributed by atoms with van der Waals surface area (Å²) in [5.74, 6) is 0. The molecule has 0 radical (unpaired) electrons. The van der Waals surface area contributed by atoms with E-state index in [9.17, 15) is 5.11 Å². The average Bonchev–Trinajstić information content (AvgIpc) is 2.20. The Bertz CT molecular complexity index is 364. The van der Waals surface area contributed by atoms with E-state index in [0.717, 1.165) is 12.8 Å². The second-order valence-electron chi connectivity index (χ2n) is 4.92. The Morgan fingerprint density at radius 2 is 2.00 bits per heavy atom. The molecule has 0 fully saturated rings. The first-order chi connectivity index (χ1) is 7.44. The molecule has 0 aliphatic rings. The van der Waals surface area contributed by atoms with Crippen molar-refractivity contribution in [3.63, 3.8) is 0 Å². The number of hydrogen-bond donors (Lipinski definition) is 1. The number of aryl methyl sites for hydroxylation is 2. The van der Waals surface area contributed by atoms with E-state index in [1.165, 1.54) is 16.7 Å². The van der Waals surface area contributed by atoms with Gasteiger partial charge in [-0.2, -0.15) is 0 Å². The quantitative estimate of drug-likeness (QED) is 0.749. The fraction of sp³-hybridized carbons (Fsp3) is 0.467. The molecule has 0 saturated heterocycles. The van der Waals surface area contributed by atoms with E-state index in [1.54, 1.807) is 0 Å². The fourth-order valence-electron chi connectivity index (χ4n) is 1.85. The van der Waals surface area contributed by atoms with Gasteiger partial charge in [0.2, 0.25) is 0 Å². The molecule has 0 spiro atoms. The first-order valence-electron chi connectivity index (χ1n) is 5.84. The third kappa shape index (κ3) is 3.82. The fourth-order valence-corrected chi connectivity index (χ4v) is 1.85. The van der Waals surface area contributed by atoms with Crippen LogP contribution >= 0.6 is 0 Å². The van der Waals surface area contributed by atoms with E-state index in [1.807, 2.05) is 13.0 Å². The molecule has 1 N–H and O–H groups in total.